The Balaban J connectivity index is 1.76. The molecular formula is C15H9Cl3N2OS. The fourth-order valence-corrected chi connectivity index (χ4v) is 3.37. The van der Waals surface area contributed by atoms with Crippen molar-refractivity contribution in [3.05, 3.63) is 57.0 Å². The number of nitrogens with zero attached hydrogens (tertiary/aromatic N) is 1. The molecule has 1 amide bonds. The van der Waals surface area contributed by atoms with Crippen LogP contribution in [0.25, 0.3) is 10.2 Å². The smallest absolute Gasteiger partial charge is 0.230 e. The monoisotopic (exact) mass is 370 g/mol. The Morgan fingerprint density at radius 3 is 2.55 bits per heavy atom. The van der Waals surface area contributed by atoms with Crippen LogP contribution in [-0.2, 0) is 11.2 Å². The van der Waals surface area contributed by atoms with E-state index < -0.39 is 0 Å². The third kappa shape index (κ3) is 3.36. The van der Waals surface area contributed by atoms with E-state index in [2.05, 4.69) is 10.3 Å². The molecule has 0 aliphatic heterocycles. The molecule has 22 heavy (non-hydrogen) atoms. The molecule has 0 bridgehead atoms. The standard InChI is InChI=1S/C15H9Cl3N2OS/c16-9-3-1-8(2-4-9)7-12(21)19-15-20-14-11(22-15)6-5-10(17)13(14)18/h1-6H,7H2,(H,19,20,21). The van der Waals surface area contributed by atoms with Gasteiger partial charge in [-0.1, -0.05) is 58.3 Å². The summed E-state index contributed by atoms with van der Waals surface area (Å²) in [5.74, 6) is -0.149. The van der Waals surface area contributed by atoms with Crippen LogP contribution in [0.15, 0.2) is 36.4 Å². The van der Waals surface area contributed by atoms with Gasteiger partial charge in [0.25, 0.3) is 0 Å². The van der Waals surface area contributed by atoms with Gasteiger partial charge in [-0.05, 0) is 29.8 Å². The number of hydrogen-bond donors (Lipinski definition) is 1. The van der Waals surface area contributed by atoms with Gasteiger partial charge in [-0.2, -0.15) is 0 Å². The van der Waals surface area contributed by atoms with Crippen molar-refractivity contribution < 1.29 is 4.79 Å². The molecule has 0 radical (unpaired) electrons. The van der Waals surface area contributed by atoms with E-state index in [-0.39, 0.29) is 12.3 Å². The fraction of sp³-hybridized carbons (Fsp3) is 0.0667. The number of fused-ring (bicyclic) bond motifs is 1. The maximum absolute atomic E-state index is 12.1. The zero-order chi connectivity index (χ0) is 15.7. The summed E-state index contributed by atoms with van der Waals surface area (Å²) in [6, 6.07) is 10.7. The quantitative estimate of drug-likeness (QED) is 0.666. The number of rotatable bonds is 3. The number of aromatic nitrogens is 1. The van der Waals surface area contributed by atoms with Crippen LogP contribution in [0.3, 0.4) is 0 Å². The van der Waals surface area contributed by atoms with Gasteiger partial charge in [0.15, 0.2) is 5.13 Å². The highest BCUT2D eigenvalue weighted by Crippen LogP contribution is 2.35. The first kappa shape index (κ1) is 15.6. The summed E-state index contributed by atoms with van der Waals surface area (Å²) in [5, 5.41) is 4.75. The summed E-state index contributed by atoms with van der Waals surface area (Å²) in [6.07, 6.45) is 0.252. The van der Waals surface area contributed by atoms with Crippen molar-refractivity contribution >= 4 is 67.4 Å². The zero-order valence-electron chi connectivity index (χ0n) is 11.1. The highest BCUT2D eigenvalue weighted by Gasteiger charge is 2.12. The Morgan fingerprint density at radius 1 is 1.09 bits per heavy atom. The lowest BCUT2D eigenvalue weighted by Crippen LogP contribution is -2.14. The zero-order valence-corrected chi connectivity index (χ0v) is 14.2. The minimum Gasteiger partial charge on any atom is -0.302 e. The molecule has 1 N–H and O–H groups in total. The molecule has 1 heterocycles. The minimum atomic E-state index is -0.149. The number of nitrogens with one attached hydrogen (secondary N) is 1. The van der Waals surface area contributed by atoms with Crippen LogP contribution in [0.4, 0.5) is 5.13 Å². The summed E-state index contributed by atoms with van der Waals surface area (Å²) < 4.78 is 0.871. The molecule has 0 aliphatic carbocycles. The summed E-state index contributed by atoms with van der Waals surface area (Å²) in [6.45, 7) is 0. The molecule has 3 nitrogen and oxygen atoms in total. The maximum atomic E-state index is 12.1. The molecule has 0 unspecified atom stereocenters. The largest absolute Gasteiger partial charge is 0.302 e. The molecule has 1 aromatic heterocycles. The average molecular weight is 372 g/mol. The van der Waals surface area contributed by atoms with Gasteiger partial charge in [0.05, 0.1) is 21.2 Å². The van der Waals surface area contributed by atoms with Crippen LogP contribution in [0, 0.1) is 0 Å². The van der Waals surface area contributed by atoms with Gasteiger partial charge >= 0.3 is 0 Å². The predicted octanol–water partition coefficient (Wildman–Crippen LogP) is 5.44. The van der Waals surface area contributed by atoms with E-state index in [1.54, 1.807) is 18.2 Å². The van der Waals surface area contributed by atoms with Gasteiger partial charge in [-0.3, -0.25) is 4.79 Å². The molecular weight excluding hydrogens is 363 g/mol. The first-order chi connectivity index (χ1) is 10.5. The van der Waals surface area contributed by atoms with Gasteiger partial charge < -0.3 is 5.32 Å². The van der Waals surface area contributed by atoms with Crippen LogP contribution >= 0.6 is 46.1 Å². The number of amides is 1. The Hall–Kier alpha value is -1.33. The molecule has 0 atom stereocenters. The molecule has 2 aromatic carbocycles. The van der Waals surface area contributed by atoms with E-state index in [0.717, 1.165) is 10.3 Å². The molecule has 7 heteroatoms. The lowest BCUT2D eigenvalue weighted by atomic mass is 10.1. The Kier molecular flexibility index (Phi) is 4.54. The third-order valence-corrected chi connectivity index (χ3v) is 4.96. The molecule has 0 spiro atoms. The lowest BCUT2D eigenvalue weighted by Gasteiger charge is -2.02. The van der Waals surface area contributed by atoms with E-state index in [4.69, 9.17) is 34.8 Å². The van der Waals surface area contributed by atoms with Gasteiger partial charge in [-0.25, -0.2) is 4.98 Å². The van der Waals surface area contributed by atoms with Gasteiger partial charge in [0, 0.05) is 5.02 Å². The highest BCUT2D eigenvalue weighted by atomic mass is 35.5. The first-order valence-electron chi connectivity index (χ1n) is 6.32. The number of thiazole rings is 1. The first-order valence-corrected chi connectivity index (χ1v) is 8.27. The van der Waals surface area contributed by atoms with Crippen molar-refractivity contribution in [3.63, 3.8) is 0 Å². The molecule has 112 valence electrons. The highest BCUT2D eigenvalue weighted by molar-refractivity contribution is 7.22. The number of benzene rings is 2. The van der Waals surface area contributed by atoms with Crippen LogP contribution in [0.1, 0.15) is 5.56 Å². The number of hydrogen-bond acceptors (Lipinski definition) is 3. The number of carbonyl (C=O) groups excluding carboxylic acids is 1. The third-order valence-electron chi connectivity index (χ3n) is 2.98. The normalized spacial score (nSPS) is 10.9. The SMILES string of the molecule is O=C(Cc1ccc(Cl)cc1)Nc1nc2c(Cl)c(Cl)ccc2s1. The van der Waals surface area contributed by atoms with E-state index in [1.165, 1.54) is 11.3 Å². The molecule has 3 rings (SSSR count). The van der Waals surface area contributed by atoms with Crippen LogP contribution in [0.2, 0.25) is 15.1 Å². The lowest BCUT2D eigenvalue weighted by molar-refractivity contribution is -0.115. The Bertz CT molecular complexity index is 846. The van der Waals surface area contributed by atoms with E-state index >= 15 is 0 Å². The summed E-state index contributed by atoms with van der Waals surface area (Å²) in [7, 11) is 0. The van der Waals surface area contributed by atoms with Gasteiger partial charge in [0.2, 0.25) is 5.91 Å². The average Bonchev–Trinajstić information content (AvgIpc) is 2.89. The van der Waals surface area contributed by atoms with Gasteiger partial charge in [0.1, 0.15) is 5.52 Å². The Labute approximate surface area is 145 Å². The van der Waals surface area contributed by atoms with Crippen molar-refractivity contribution in [2.45, 2.75) is 6.42 Å². The van der Waals surface area contributed by atoms with Crippen LogP contribution < -0.4 is 5.32 Å². The predicted molar refractivity (Wildman–Crippen MR) is 93.4 cm³/mol. The minimum absolute atomic E-state index is 0.149. The van der Waals surface area contributed by atoms with Crippen LogP contribution in [0.5, 0.6) is 0 Å². The molecule has 0 aliphatic rings. The van der Waals surface area contributed by atoms with Crippen LogP contribution in [-0.4, -0.2) is 10.9 Å². The van der Waals surface area contributed by atoms with Crippen molar-refractivity contribution in [1.29, 1.82) is 0 Å². The second-order valence-electron chi connectivity index (χ2n) is 4.58. The van der Waals surface area contributed by atoms with Crippen molar-refractivity contribution in [1.82, 2.24) is 4.98 Å². The summed E-state index contributed by atoms with van der Waals surface area (Å²) >= 11 is 19.2. The van der Waals surface area contributed by atoms with E-state index in [0.29, 0.717) is 25.7 Å². The Morgan fingerprint density at radius 2 is 1.82 bits per heavy atom. The summed E-state index contributed by atoms with van der Waals surface area (Å²) in [4.78, 5) is 16.4. The second kappa shape index (κ2) is 6.42. The summed E-state index contributed by atoms with van der Waals surface area (Å²) in [5.41, 5.74) is 1.48. The number of carbonyl (C=O) groups is 1. The van der Waals surface area contributed by atoms with Crippen molar-refractivity contribution in [2.24, 2.45) is 0 Å². The number of anilines is 1. The molecule has 0 saturated carbocycles. The molecule has 3 aromatic rings. The number of halogens is 3. The van der Waals surface area contributed by atoms with E-state index in [1.807, 2.05) is 18.2 Å². The van der Waals surface area contributed by atoms with E-state index in [9.17, 15) is 4.79 Å². The van der Waals surface area contributed by atoms with Crippen molar-refractivity contribution in [2.75, 3.05) is 5.32 Å². The second-order valence-corrected chi connectivity index (χ2v) is 6.83. The van der Waals surface area contributed by atoms with Crippen molar-refractivity contribution in [3.8, 4) is 0 Å². The van der Waals surface area contributed by atoms with Gasteiger partial charge in [-0.15, -0.1) is 0 Å². The fourth-order valence-electron chi connectivity index (χ4n) is 1.94. The topological polar surface area (TPSA) is 42.0 Å². The molecule has 0 saturated heterocycles. The maximum Gasteiger partial charge on any atom is 0.230 e. The molecule has 0 fully saturated rings.